The third kappa shape index (κ3) is 3.07. The van der Waals surface area contributed by atoms with Gasteiger partial charge in [-0.05, 0) is 43.9 Å². The first-order chi connectivity index (χ1) is 10.2. The Morgan fingerprint density at radius 2 is 1.81 bits per heavy atom. The maximum absolute atomic E-state index is 12.1. The third-order valence-electron chi connectivity index (χ3n) is 5.47. The summed E-state index contributed by atoms with van der Waals surface area (Å²) in [6.45, 7) is 0.118. The van der Waals surface area contributed by atoms with Crippen molar-refractivity contribution in [2.24, 2.45) is 17.8 Å². The van der Waals surface area contributed by atoms with Crippen molar-refractivity contribution in [3.63, 3.8) is 0 Å². The molecular weight excluding hydrogens is 270 g/mol. The van der Waals surface area contributed by atoms with Gasteiger partial charge in [0.25, 0.3) is 0 Å². The fourth-order valence-electron chi connectivity index (χ4n) is 4.45. The Morgan fingerprint density at radius 1 is 1.10 bits per heavy atom. The molecule has 0 aromatic rings. The summed E-state index contributed by atoms with van der Waals surface area (Å²) < 4.78 is 10.6. The van der Waals surface area contributed by atoms with Gasteiger partial charge in [0.15, 0.2) is 0 Å². The van der Waals surface area contributed by atoms with Gasteiger partial charge in [0.05, 0.1) is 19.1 Å². The molecule has 0 spiro atoms. The molecule has 21 heavy (non-hydrogen) atoms. The molecule has 0 aliphatic heterocycles. The molecule has 0 aromatic carbocycles. The van der Waals surface area contributed by atoms with Gasteiger partial charge in [0.2, 0.25) is 5.91 Å². The number of nitrogens with one attached hydrogen (secondary N) is 1. The Morgan fingerprint density at radius 3 is 2.52 bits per heavy atom. The van der Waals surface area contributed by atoms with Crippen molar-refractivity contribution in [2.45, 2.75) is 57.1 Å². The highest BCUT2D eigenvalue weighted by Gasteiger charge is 2.51. The van der Waals surface area contributed by atoms with Gasteiger partial charge in [-0.15, -0.1) is 0 Å². The normalized spacial score (nSPS) is 35.1. The standard InChI is InChI=1S/C16H25NO4/c1-20-16(19)14-10-6-7-11(8-10)15(14)17-13(18)9-21-12-4-2-3-5-12/h10-12,14-15H,2-9H2,1H3,(H,17,18)/t10-,11-,14-,15-/m0/s1. The molecule has 5 heteroatoms. The Hall–Kier alpha value is -1.10. The van der Waals surface area contributed by atoms with E-state index in [1.807, 2.05) is 0 Å². The number of esters is 1. The highest BCUT2D eigenvalue weighted by Crippen LogP contribution is 2.48. The van der Waals surface area contributed by atoms with E-state index in [9.17, 15) is 9.59 Å². The van der Waals surface area contributed by atoms with Crippen LogP contribution in [0.15, 0.2) is 0 Å². The Labute approximate surface area is 125 Å². The molecule has 0 aromatic heterocycles. The Balaban J connectivity index is 1.52. The largest absolute Gasteiger partial charge is 0.469 e. The third-order valence-corrected chi connectivity index (χ3v) is 5.47. The predicted molar refractivity (Wildman–Crippen MR) is 76.5 cm³/mol. The smallest absolute Gasteiger partial charge is 0.311 e. The van der Waals surface area contributed by atoms with Crippen LogP contribution in [0.2, 0.25) is 0 Å². The van der Waals surface area contributed by atoms with E-state index in [-0.39, 0.29) is 36.5 Å². The van der Waals surface area contributed by atoms with E-state index in [0.29, 0.717) is 11.8 Å². The molecule has 3 fully saturated rings. The number of methoxy groups -OCH3 is 1. The van der Waals surface area contributed by atoms with Crippen molar-refractivity contribution in [3.8, 4) is 0 Å². The maximum atomic E-state index is 12.1. The minimum atomic E-state index is -0.177. The quantitative estimate of drug-likeness (QED) is 0.783. The van der Waals surface area contributed by atoms with Crippen LogP contribution in [0.1, 0.15) is 44.9 Å². The topological polar surface area (TPSA) is 64.6 Å². The lowest BCUT2D eigenvalue weighted by Crippen LogP contribution is -2.48. The molecular formula is C16H25NO4. The summed E-state index contributed by atoms with van der Waals surface area (Å²) >= 11 is 0. The van der Waals surface area contributed by atoms with E-state index in [1.54, 1.807) is 0 Å². The van der Waals surface area contributed by atoms with E-state index in [0.717, 1.165) is 32.1 Å². The lowest BCUT2D eigenvalue weighted by molar-refractivity contribution is -0.148. The molecule has 3 aliphatic carbocycles. The van der Waals surface area contributed by atoms with Crippen LogP contribution >= 0.6 is 0 Å². The van der Waals surface area contributed by atoms with Crippen molar-refractivity contribution in [3.05, 3.63) is 0 Å². The number of hydrogen-bond acceptors (Lipinski definition) is 4. The molecule has 3 aliphatic rings. The molecule has 4 atom stereocenters. The summed E-state index contributed by atoms with van der Waals surface area (Å²) in [4.78, 5) is 24.1. The van der Waals surface area contributed by atoms with E-state index in [2.05, 4.69) is 5.32 Å². The van der Waals surface area contributed by atoms with Crippen LogP contribution in [0.5, 0.6) is 0 Å². The zero-order chi connectivity index (χ0) is 14.8. The molecule has 1 N–H and O–H groups in total. The number of carbonyl (C=O) groups is 2. The summed E-state index contributed by atoms with van der Waals surface area (Å²) in [6, 6.07) is -0.0594. The first-order valence-corrected chi connectivity index (χ1v) is 8.18. The second-order valence-corrected chi connectivity index (χ2v) is 6.69. The van der Waals surface area contributed by atoms with Gasteiger partial charge in [-0.1, -0.05) is 12.8 Å². The average molecular weight is 295 g/mol. The van der Waals surface area contributed by atoms with Crippen molar-refractivity contribution in [1.29, 1.82) is 0 Å². The minimum absolute atomic E-state index is 0.0594. The van der Waals surface area contributed by atoms with Crippen LogP contribution in [0.3, 0.4) is 0 Å². The van der Waals surface area contributed by atoms with Crippen LogP contribution < -0.4 is 5.32 Å². The molecule has 0 heterocycles. The first kappa shape index (κ1) is 14.8. The maximum Gasteiger partial charge on any atom is 0.311 e. The monoisotopic (exact) mass is 295 g/mol. The van der Waals surface area contributed by atoms with Crippen LogP contribution in [0.25, 0.3) is 0 Å². The van der Waals surface area contributed by atoms with Crippen LogP contribution in [0, 0.1) is 17.8 Å². The molecule has 5 nitrogen and oxygen atoms in total. The van der Waals surface area contributed by atoms with Gasteiger partial charge in [0, 0.05) is 6.04 Å². The van der Waals surface area contributed by atoms with Crippen molar-refractivity contribution in [2.75, 3.05) is 13.7 Å². The Kier molecular flexibility index (Phi) is 4.48. The molecule has 2 bridgehead atoms. The molecule has 0 radical (unpaired) electrons. The van der Waals surface area contributed by atoms with Gasteiger partial charge >= 0.3 is 5.97 Å². The van der Waals surface area contributed by atoms with Crippen molar-refractivity contribution in [1.82, 2.24) is 5.32 Å². The molecule has 3 rings (SSSR count). The van der Waals surface area contributed by atoms with Crippen LogP contribution in [-0.2, 0) is 19.1 Å². The summed E-state index contributed by atoms with van der Waals surface area (Å²) in [5.74, 6) is 0.375. The second-order valence-electron chi connectivity index (χ2n) is 6.69. The molecule has 1 amide bonds. The van der Waals surface area contributed by atoms with Gasteiger partial charge < -0.3 is 14.8 Å². The van der Waals surface area contributed by atoms with Gasteiger partial charge in [0.1, 0.15) is 6.61 Å². The van der Waals surface area contributed by atoms with E-state index < -0.39 is 0 Å². The van der Waals surface area contributed by atoms with Crippen molar-refractivity contribution < 1.29 is 19.1 Å². The SMILES string of the molecule is COC(=O)[C@H]1[C@H]2CC[C@@H](C2)[C@@H]1NC(=O)COC1CCCC1. The number of hydrogen-bond donors (Lipinski definition) is 1. The molecule has 0 saturated heterocycles. The predicted octanol–water partition coefficient (Wildman–Crippen LogP) is 1.65. The van der Waals surface area contributed by atoms with Gasteiger partial charge in [-0.2, -0.15) is 0 Å². The average Bonchev–Trinajstić information content (AvgIpc) is 3.21. The van der Waals surface area contributed by atoms with E-state index in [1.165, 1.54) is 20.0 Å². The number of fused-ring (bicyclic) bond motifs is 2. The fraction of sp³-hybridized carbons (Fsp3) is 0.875. The van der Waals surface area contributed by atoms with Crippen molar-refractivity contribution >= 4 is 11.9 Å². The zero-order valence-corrected chi connectivity index (χ0v) is 12.7. The van der Waals surface area contributed by atoms with E-state index >= 15 is 0 Å². The zero-order valence-electron chi connectivity index (χ0n) is 12.7. The summed E-state index contributed by atoms with van der Waals surface area (Å²) in [6.07, 6.45) is 7.98. The van der Waals surface area contributed by atoms with Crippen LogP contribution in [-0.4, -0.2) is 37.7 Å². The second kappa shape index (κ2) is 6.34. The number of carbonyl (C=O) groups excluding carboxylic acids is 2. The molecule has 118 valence electrons. The minimum Gasteiger partial charge on any atom is -0.469 e. The van der Waals surface area contributed by atoms with E-state index in [4.69, 9.17) is 9.47 Å². The fourth-order valence-corrected chi connectivity index (χ4v) is 4.45. The number of ether oxygens (including phenoxy) is 2. The highest BCUT2D eigenvalue weighted by atomic mass is 16.5. The summed E-state index contributed by atoms with van der Waals surface area (Å²) in [5.41, 5.74) is 0. The lowest BCUT2D eigenvalue weighted by atomic mass is 9.84. The Bertz CT molecular complexity index is 405. The molecule has 3 saturated carbocycles. The summed E-state index contributed by atoms with van der Waals surface area (Å²) in [7, 11) is 1.43. The molecule has 0 unspecified atom stereocenters. The van der Waals surface area contributed by atoms with Gasteiger partial charge in [-0.25, -0.2) is 0 Å². The van der Waals surface area contributed by atoms with Gasteiger partial charge in [-0.3, -0.25) is 9.59 Å². The summed E-state index contributed by atoms with van der Waals surface area (Å²) in [5, 5.41) is 3.03. The highest BCUT2D eigenvalue weighted by molar-refractivity contribution is 5.80. The number of amides is 1. The first-order valence-electron chi connectivity index (χ1n) is 8.18. The lowest BCUT2D eigenvalue weighted by Gasteiger charge is -2.29. The van der Waals surface area contributed by atoms with Crippen LogP contribution in [0.4, 0.5) is 0 Å². The number of rotatable bonds is 5.